The SMILES string of the molecule is CC(NCCOCC(F)F)C(=O)N(C)C. The van der Waals surface area contributed by atoms with Crippen LogP contribution in [0.3, 0.4) is 0 Å². The molecule has 0 aliphatic carbocycles. The van der Waals surface area contributed by atoms with Crippen LogP contribution < -0.4 is 5.32 Å². The van der Waals surface area contributed by atoms with Crippen molar-refractivity contribution in [1.29, 1.82) is 0 Å². The summed E-state index contributed by atoms with van der Waals surface area (Å²) in [5.41, 5.74) is 0. The van der Waals surface area contributed by atoms with Crippen molar-refractivity contribution in [1.82, 2.24) is 10.2 Å². The molecule has 0 rings (SSSR count). The van der Waals surface area contributed by atoms with Crippen molar-refractivity contribution in [2.45, 2.75) is 19.4 Å². The predicted octanol–water partition coefficient (Wildman–Crippen LogP) is 0.334. The molecular formula is C9H18F2N2O2. The van der Waals surface area contributed by atoms with Gasteiger partial charge < -0.3 is 15.0 Å². The Morgan fingerprint density at radius 2 is 2.07 bits per heavy atom. The van der Waals surface area contributed by atoms with Crippen LogP contribution in [0.1, 0.15) is 6.92 Å². The number of carbonyl (C=O) groups is 1. The molecule has 0 fully saturated rings. The Balaban J connectivity index is 3.47. The van der Waals surface area contributed by atoms with Crippen LogP contribution >= 0.6 is 0 Å². The molecule has 0 aromatic carbocycles. The highest BCUT2D eigenvalue weighted by atomic mass is 19.3. The van der Waals surface area contributed by atoms with Crippen molar-refractivity contribution in [3.05, 3.63) is 0 Å². The van der Waals surface area contributed by atoms with E-state index in [1.54, 1.807) is 21.0 Å². The standard InChI is InChI=1S/C9H18F2N2O2/c1-7(9(14)13(2)3)12-4-5-15-6-8(10)11/h7-8,12H,4-6H2,1-3H3. The van der Waals surface area contributed by atoms with E-state index in [9.17, 15) is 13.6 Å². The summed E-state index contributed by atoms with van der Waals surface area (Å²) in [5, 5.41) is 2.88. The largest absolute Gasteiger partial charge is 0.374 e. The van der Waals surface area contributed by atoms with E-state index in [4.69, 9.17) is 0 Å². The summed E-state index contributed by atoms with van der Waals surface area (Å²) in [6.07, 6.45) is -2.44. The van der Waals surface area contributed by atoms with Gasteiger partial charge in [0.2, 0.25) is 5.91 Å². The molecule has 1 amide bonds. The van der Waals surface area contributed by atoms with E-state index < -0.39 is 13.0 Å². The minimum Gasteiger partial charge on any atom is -0.374 e. The molecule has 0 spiro atoms. The first-order chi connectivity index (χ1) is 6.95. The average molecular weight is 224 g/mol. The maximum absolute atomic E-state index is 11.6. The summed E-state index contributed by atoms with van der Waals surface area (Å²) in [4.78, 5) is 12.8. The molecule has 1 unspecified atom stereocenters. The summed E-state index contributed by atoms with van der Waals surface area (Å²) in [7, 11) is 3.32. The summed E-state index contributed by atoms with van der Waals surface area (Å²) in [5.74, 6) is -0.0520. The molecule has 0 aromatic rings. The lowest BCUT2D eigenvalue weighted by Crippen LogP contribution is -2.42. The number of carbonyl (C=O) groups excluding carboxylic acids is 1. The number of hydrogen-bond acceptors (Lipinski definition) is 3. The van der Waals surface area contributed by atoms with E-state index >= 15 is 0 Å². The molecule has 4 nitrogen and oxygen atoms in total. The Bertz CT molecular complexity index is 189. The van der Waals surface area contributed by atoms with Gasteiger partial charge >= 0.3 is 0 Å². The number of rotatable bonds is 7. The zero-order valence-electron chi connectivity index (χ0n) is 9.30. The van der Waals surface area contributed by atoms with Crippen LogP contribution in [0.4, 0.5) is 8.78 Å². The van der Waals surface area contributed by atoms with Crippen LogP contribution in [0.5, 0.6) is 0 Å². The molecule has 0 aromatic heterocycles. The second kappa shape index (κ2) is 7.53. The molecule has 1 atom stereocenters. The number of nitrogens with one attached hydrogen (secondary N) is 1. The Hall–Kier alpha value is -0.750. The lowest BCUT2D eigenvalue weighted by molar-refractivity contribution is -0.130. The Morgan fingerprint density at radius 3 is 2.53 bits per heavy atom. The topological polar surface area (TPSA) is 41.6 Å². The van der Waals surface area contributed by atoms with Gasteiger partial charge in [0.15, 0.2) is 0 Å². The molecular weight excluding hydrogens is 206 g/mol. The molecule has 0 saturated heterocycles. The fourth-order valence-electron chi connectivity index (χ4n) is 0.995. The predicted molar refractivity (Wildman–Crippen MR) is 53.0 cm³/mol. The molecule has 0 aliphatic heterocycles. The fourth-order valence-corrected chi connectivity index (χ4v) is 0.995. The van der Waals surface area contributed by atoms with Gasteiger partial charge in [0, 0.05) is 20.6 Å². The zero-order chi connectivity index (χ0) is 11.8. The molecule has 0 saturated carbocycles. The fraction of sp³-hybridized carbons (Fsp3) is 0.889. The minimum absolute atomic E-state index is 0.0520. The number of likely N-dealkylation sites (N-methyl/N-ethyl adjacent to an activating group) is 1. The molecule has 0 radical (unpaired) electrons. The van der Waals surface area contributed by atoms with Crippen molar-refractivity contribution in [2.24, 2.45) is 0 Å². The molecule has 15 heavy (non-hydrogen) atoms. The van der Waals surface area contributed by atoms with Gasteiger partial charge in [-0.2, -0.15) is 0 Å². The maximum atomic E-state index is 11.6. The number of amides is 1. The second-order valence-corrected chi connectivity index (χ2v) is 3.37. The van der Waals surface area contributed by atoms with Gasteiger partial charge in [-0.25, -0.2) is 8.78 Å². The van der Waals surface area contributed by atoms with E-state index in [2.05, 4.69) is 10.1 Å². The Kier molecular flexibility index (Phi) is 7.15. The number of alkyl halides is 2. The van der Waals surface area contributed by atoms with E-state index in [0.29, 0.717) is 6.54 Å². The average Bonchev–Trinajstić information content (AvgIpc) is 2.15. The van der Waals surface area contributed by atoms with Gasteiger partial charge in [-0.05, 0) is 6.92 Å². The number of halogens is 2. The molecule has 90 valence electrons. The molecule has 0 bridgehead atoms. The first kappa shape index (κ1) is 14.2. The van der Waals surface area contributed by atoms with Crippen molar-refractivity contribution >= 4 is 5.91 Å². The molecule has 0 aliphatic rings. The summed E-state index contributed by atoms with van der Waals surface area (Å²) < 4.78 is 27.9. The first-order valence-electron chi connectivity index (χ1n) is 4.75. The van der Waals surface area contributed by atoms with Gasteiger partial charge in [-0.15, -0.1) is 0 Å². The third kappa shape index (κ3) is 7.21. The smallest absolute Gasteiger partial charge is 0.261 e. The zero-order valence-corrected chi connectivity index (χ0v) is 9.30. The third-order valence-electron chi connectivity index (χ3n) is 1.75. The first-order valence-corrected chi connectivity index (χ1v) is 4.75. The van der Waals surface area contributed by atoms with Gasteiger partial charge in [0.05, 0.1) is 12.6 Å². The van der Waals surface area contributed by atoms with Crippen molar-refractivity contribution < 1.29 is 18.3 Å². The van der Waals surface area contributed by atoms with Crippen LogP contribution in [0.25, 0.3) is 0 Å². The van der Waals surface area contributed by atoms with E-state index in [1.807, 2.05) is 0 Å². The number of ether oxygens (including phenoxy) is 1. The van der Waals surface area contributed by atoms with Crippen LogP contribution in [-0.4, -0.2) is 57.1 Å². The highest BCUT2D eigenvalue weighted by Gasteiger charge is 2.13. The van der Waals surface area contributed by atoms with E-state index in [1.165, 1.54) is 4.90 Å². The van der Waals surface area contributed by atoms with Crippen LogP contribution in [0.2, 0.25) is 0 Å². The van der Waals surface area contributed by atoms with E-state index in [-0.39, 0.29) is 18.6 Å². The summed E-state index contributed by atoms with van der Waals surface area (Å²) >= 11 is 0. The highest BCUT2D eigenvalue weighted by Crippen LogP contribution is 1.92. The maximum Gasteiger partial charge on any atom is 0.261 e. The van der Waals surface area contributed by atoms with Crippen LogP contribution in [-0.2, 0) is 9.53 Å². The third-order valence-corrected chi connectivity index (χ3v) is 1.75. The number of nitrogens with zero attached hydrogens (tertiary/aromatic N) is 1. The van der Waals surface area contributed by atoms with E-state index in [0.717, 1.165) is 0 Å². The Morgan fingerprint density at radius 1 is 1.47 bits per heavy atom. The van der Waals surface area contributed by atoms with Gasteiger partial charge in [0.1, 0.15) is 6.61 Å². The van der Waals surface area contributed by atoms with Gasteiger partial charge in [0.25, 0.3) is 6.43 Å². The summed E-state index contributed by atoms with van der Waals surface area (Å²) in [6.45, 7) is 1.72. The van der Waals surface area contributed by atoms with Crippen molar-refractivity contribution in [2.75, 3.05) is 33.9 Å². The highest BCUT2D eigenvalue weighted by molar-refractivity contribution is 5.80. The van der Waals surface area contributed by atoms with Crippen molar-refractivity contribution in [3.63, 3.8) is 0 Å². The molecule has 0 heterocycles. The van der Waals surface area contributed by atoms with Crippen LogP contribution in [0.15, 0.2) is 0 Å². The van der Waals surface area contributed by atoms with Gasteiger partial charge in [-0.3, -0.25) is 4.79 Å². The molecule has 6 heteroatoms. The lowest BCUT2D eigenvalue weighted by Gasteiger charge is -2.17. The normalized spacial score (nSPS) is 12.9. The minimum atomic E-state index is -2.44. The number of hydrogen-bond donors (Lipinski definition) is 1. The Labute approximate surface area is 88.6 Å². The lowest BCUT2D eigenvalue weighted by atomic mass is 10.3. The molecule has 1 N–H and O–H groups in total. The summed E-state index contributed by atoms with van der Waals surface area (Å²) in [6, 6.07) is -0.324. The quantitative estimate of drug-likeness (QED) is 0.634. The monoisotopic (exact) mass is 224 g/mol. The van der Waals surface area contributed by atoms with Gasteiger partial charge in [-0.1, -0.05) is 0 Å². The van der Waals surface area contributed by atoms with Crippen molar-refractivity contribution in [3.8, 4) is 0 Å². The van der Waals surface area contributed by atoms with Crippen LogP contribution in [0, 0.1) is 0 Å². The second-order valence-electron chi connectivity index (χ2n) is 3.37.